The molecule has 1 rings (SSSR count). The van der Waals surface area contributed by atoms with Crippen LogP contribution in [0.5, 0.6) is 0 Å². The molecule has 0 atom stereocenters. The van der Waals surface area contributed by atoms with Crippen LogP contribution in [-0.2, 0) is 0 Å². The van der Waals surface area contributed by atoms with Crippen molar-refractivity contribution in [3.8, 4) is 0 Å². The third-order valence-corrected chi connectivity index (χ3v) is 3.28. The second-order valence-corrected chi connectivity index (χ2v) is 3.75. The van der Waals surface area contributed by atoms with Gasteiger partial charge in [0.25, 0.3) is 0 Å². The van der Waals surface area contributed by atoms with Gasteiger partial charge < -0.3 is 5.11 Å². The Labute approximate surface area is 134 Å². The third kappa shape index (κ3) is 3.28. The first kappa shape index (κ1) is 14.1. The van der Waals surface area contributed by atoms with Crippen molar-refractivity contribution in [3.05, 3.63) is 32.4 Å². The molecule has 0 radical (unpaired) electrons. The van der Waals surface area contributed by atoms with Gasteiger partial charge in [-0.25, -0.2) is 4.79 Å². The van der Waals surface area contributed by atoms with Crippen LogP contribution in [-0.4, -0.2) is 62.5 Å². The molecule has 0 heterocycles. The van der Waals surface area contributed by atoms with E-state index in [9.17, 15) is 4.79 Å². The predicted octanol–water partition coefficient (Wildman–Crippen LogP) is 1.96. The quantitative estimate of drug-likeness (QED) is 0.635. The molecule has 13 heavy (non-hydrogen) atoms. The number of hydrogen-bond acceptors (Lipinski definition) is 1. The molecule has 0 amide bonds. The molecule has 0 spiro atoms. The summed E-state index contributed by atoms with van der Waals surface area (Å²) in [5, 5.41) is 8.78. The molecule has 0 unspecified atom stereocenters. The zero-order valence-corrected chi connectivity index (χ0v) is 9.05. The minimum atomic E-state index is -0.859. The second kappa shape index (κ2) is 5.82. The van der Waals surface area contributed by atoms with Gasteiger partial charge >= 0.3 is 57.4 Å². The number of benzene rings is 1. The normalized spacial score (nSPS) is 9.15. The number of aryl methyl sites for hydroxylation is 1. The summed E-state index contributed by atoms with van der Waals surface area (Å²) in [6, 6.07) is 3.48. The van der Waals surface area contributed by atoms with E-state index in [0.29, 0.717) is 5.56 Å². The van der Waals surface area contributed by atoms with Gasteiger partial charge in [0.15, 0.2) is 0 Å². The van der Waals surface area contributed by atoms with Crippen molar-refractivity contribution >= 4 is 79.9 Å². The molecule has 0 aliphatic heterocycles. The maximum absolute atomic E-state index is 10.7. The molecule has 0 aromatic heterocycles. The number of halogens is 1. The fraction of sp³-hybridized carbons (Fsp3) is 0.222. The monoisotopic (exact) mass is 316 g/mol. The van der Waals surface area contributed by atoms with Gasteiger partial charge in [0.2, 0.25) is 0 Å². The van der Waals surface area contributed by atoms with Gasteiger partial charge in [-0.3, -0.25) is 0 Å². The van der Waals surface area contributed by atoms with Crippen LogP contribution in [0.1, 0.15) is 21.5 Å². The minimum absolute atomic E-state index is 0. The zero-order chi connectivity index (χ0) is 9.30. The molecule has 0 saturated heterocycles. The summed E-state index contributed by atoms with van der Waals surface area (Å²) < 4.78 is 0.833. The molecule has 0 aliphatic rings. The predicted molar refractivity (Wildman–Crippen MR) is 62.7 cm³/mol. The Balaban J connectivity index is 0.00000144. The first-order valence-electron chi connectivity index (χ1n) is 3.53. The molecule has 66 valence electrons. The van der Waals surface area contributed by atoms with E-state index >= 15 is 0 Å². The van der Waals surface area contributed by atoms with Crippen LogP contribution >= 0.6 is 22.6 Å². The first-order valence-corrected chi connectivity index (χ1v) is 4.61. The SMILES string of the molecule is Cc1ccc(C(=O)O)c(I)c1C.[KH]. The van der Waals surface area contributed by atoms with Crippen molar-refractivity contribution in [2.45, 2.75) is 13.8 Å². The second-order valence-electron chi connectivity index (χ2n) is 2.67. The third-order valence-electron chi connectivity index (χ3n) is 1.89. The average molecular weight is 316 g/mol. The van der Waals surface area contributed by atoms with Gasteiger partial charge in [-0.05, 0) is 53.6 Å². The number of hydrogen-bond donors (Lipinski definition) is 1. The number of rotatable bonds is 1. The van der Waals surface area contributed by atoms with Gasteiger partial charge in [0, 0.05) is 3.57 Å². The van der Waals surface area contributed by atoms with Crippen LogP contribution in [0.2, 0.25) is 0 Å². The van der Waals surface area contributed by atoms with Crippen molar-refractivity contribution < 1.29 is 9.90 Å². The van der Waals surface area contributed by atoms with E-state index in [2.05, 4.69) is 22.6 Å². The number of carbonyl (C=O) groups is 1. The molecule has 1 aromatic rings. The summed E-state index contributed by atoms with van der Waals surface area (Å²) in [6.07, 6.45) is 0. The van der Waals surface area contributed by atoms with Gasteiger partial charge in [0.1, 0.15) is 0 Å². The molecule has 4 heteroatoms. The topological polar surface area (TPSA) is 37.3 Å². The summed E-state index contributed by atoms with van der Waals surface area (Å²) in [5.41, 5.74) is 2.57. The number of carboxylic acid groups (broad SMARTS) is 1. The maximum atomic E-state index is 10.7. The van der Waals surface area contributed by atoms with E-state index in [-0.39, 0.29) is 51.4 Å². The first-order chi connectivity index (χ1) is 5.54. The van der Waals surface area contributed by atoms with E-state index < -0.39 is 5.97 Å². The summed E-state index contributed by atoms with van der Waals surface area (Å²) >= 11 is 2.06. The Bertz CT molecular complexity index is 337. The summed E-state index contributed by atoms with van der Waals surface area (Å²) in [5.74, 6) is -0.859. The molecule has 1 aromatic carbocycles. The van der Waals surface area contributed by atoms with Crippen molar-refractivity contribution in [1.82, 2.24) is 0 Å². The zero-order valence-electron chi connectivity index (χ0n) is 6.89. The van der Waals surface area contributed by atoms with Crippen LogP contribution in [0.3, 0.4) is 0 Å². The molecule has 2 nitrogen and oxygen atoms in total. The summed E-state index contributed by atoms with van der Waals surface area (Å²) in [4.78, 5) is 10.7. The molecule has 0 aliphatic carbocycles. The Morgan fingerprint density at radius 2 is 1.92 bits per heavy atom. The van der Waals surface area contributed by atoms with Crippen LogP contribution in [0, 0.1) is 17.4 Å². The molecule has 1 N–H and O–H groups in total. The van der Waals surface area contributed by atoms with Crippen molar-refractivity contribution in [1.29, 1.82) is 0 Å². The molecule has 0 bridgehead atoms. The Morgan fingerprint density at radius 1 is 1.38 bits per heavy atom. The molecular formula is C9H10IKO2. The average Bonchev–Trinajstić information content (AvgIpc) is 2.00. The molecule has 0 saturated carbocycles. The van der Waals surface area contributed by atoms with Gasteiger partial charge in [-0.1, -0.05) is 6.07 Å². The summed E-state index contributed by atoms with van der Waals surface area (Å²) in [6.45, 7) is 3.91. The van der Waals surface area contributed by atoms with Crippen LogP contribution < -0.4 is 0 Å². The standard InChI is InChI=1S/C9H9IO2.K.H/c1-5-3-4-7(9(11)12)8(10)6(5)2;;/h3-4H,1-2H3,(H,11,12);;. The van der Waals surface area contributed by atoms with Gasteiger partial charge in [-0.15, -0.1) is 0 Å². The van der Waals surface area contributed by atoms with E-state index in [0.717, 1.165) is 14.7 Å². The van der Waals surface area contributed by atoms with Crippen molar-refractivity contribution in [2.24, 2.45) is 0 Å². The van der Waals surface area contributed by atoms with Gasteiger partial charge in [-0.2, -0.15) is 0 Å². The van der Waals surface area contributed by atoms with Crippen molar-refractivity contribution in [3.63, 3.8) is 0 Å². The molecule has 0 fully saturated rings. The number of aromatic carboxylic acids is 1. The van der Waals surface area contributed by atoms with E-state index in [4.69, 9.17) is 5.11 Å². The number of carboxylic acids is 1. The Kier molecular flexibility index (Phi) is 6.29. The van der Waals surface area contributed by atoms with E-state index in [1.54, 1.807) is 6.07 Å². The fourth-order valence-corrected chi connectivity index (χ4v) is 1.78. The summed E-state index contributed by atoms with van der Waals surface area (Å²) in [7, 11) is 0. The van der Waals surface area contributed by atoms with Crippen LogP contribution in [0.15, 0.2) is 12.1 Å². The van der Waals surface area contributed by atoms with Gasteiger partial charge in [0.05, 0.1) is 5.56 Å². The Hall–Kier alpha value is 1.06. The Morgan fingerprint density at radius 3 is 2.38 bits per heavy atom. The van der Waals surface area contributed by atoms with Crippen LogP contribution in [0.4, 0.5) is 0 Å². The fourth-order valence-electron chi connectivity index (χ4n) is 0.947. The molecular weight excluding hydrogens is 306 g/mol. The van der Waals surface area contributed by atoms with E-state index in [1.165, 1.54) is 0 Å². The van der Waals surface area contributed by atoms with Crippen LogP contribution in [0.25, 0.3) is 0 Å². The van der Waals surface area contributed by atoms with E-state index in [1.807, 2.05) is 19.9 Å². The van der Waals surface area contributed by atoms with Crippen molar-refractivity contribution in [2.75, 3.05) is 0 Å².